The number of ether oxygens (including phenoxy) is 3. The Morgan fingerprint density at radius 2 is 1.91 bits per heavy atom. The van der Waals surface area contributed by atoms with Gasteiger partial charge in [0, 0.05) is 17.4 Å². The van der Waals surface area contributed by atoms with Gasteiger partial charge in [-0.3, -0.25) is 4.79 Å². The van der Waals surface area contributed by atoms with Crippen LogP contribution in [0.1, 0.15) is 47.0 Å². The van der Waals surface area contributed by atoms with E-state index in [1.165, 1.54) is 7.11 Å². The lowest BCUT2D eigenvalue weighted by atomic mass is 10.2. The summed E-state index contributed by atoms with van der Waals surface area (Å²) in [6, 6.07) is 0. The van der Waals surface area contributed by atoms with Crippen LogP contribution in [0.25, 0.3) is 0 Å². The summed E-state index contributed by atoms with van der Waals surface area (Å²) in [6.07, 6.45) is 7.75. The summed E-state index contributed by atoms with van der Waals surface area (Å²) in [6.45, 7) is 12.4. The zero-order valence-corrected chi connectivity index (χ0v) is 16.0. The van der Waals surface area contributed by atoms with E-state index in [1.807, 2.05) is 46.1 Å². The highest BCUT2D eigenvalue weighted by Gasteiger charge is 2.13. The van der Waals surface area contributed by atoms with Gasteiger partial charge in [0.25, 0.3) is 0 Å². The summed E-state index contributed by atoms with van der Waals surface area (Å²) in [4.78, 5) is 12.1. The van der Waals surface area contributed by atoms with Crippen molar-refractivity contribution in [1.29, 1.82) is 0 Å². The van der Waals surface area contributed by atoms with Crippen molar-refractivity contribution in [2.24, 2.45) is 0 Å². The fourth-order valence-electron chi connectivity index (χ4n) is 1.77. The first-order chi connectivity index (χ1) is 10.7. The second-order valence-electron chi connectivity index (χ2n) is 5.93. The van der Waals surface area contributed by atoms with Gasteiger partial charge in [-0.2, -0.15) is 0 Å². The third-order valence-corrected chi connectivity index (χ3v) is 3.59. The average molecular weight is 343 g/mol. The molecule has 0 bridgehead atoms. The molecule has 0 fully saturated rings. The Bertz CT molecular complexity index is 444. The first-order valence-corrected chi connectivity index (χ1v) is 8.96. The van der Waals surface area contributed by atoms with Crippen molar-refractivity contribution in [3.8, 4) is 0 Å². The SMILES string of the molecule is C=C(/C=C(OCCCCC(=O)OC)\C(=C/C)SC)OC(C)(C)C. The number of thioether (sulfide) groups is 1. The van der Waals surface area contributed by atoms with Crippen molar-refractivity contribution >= 4 is 17.7 Å². The zero-order valence-electron chi connectivity index (χ0n) is 15.2. The molecule has 5 heteroatoms. The van der Waals surface area contributed by atoms with E-state index < -0.39 is 0 Å². The second kappa shape index (κ2) is 11.2. The van der Waals surface area contributed by atoms with E-state index in [0.29, 0.717) is 18.8 Å². The van der Waals surface area contributed by atoms with Gasteiger partial charge in [-0.1, -0.05) is 12.7 Å². The number of carbonyl (C=O) groups is 1. The Hall–Kier alpha value is -1.36. The molecule has 0 atom stereocenters. The number of unbranched alkanes of at least 4 members (excludes halogenated alkanes) is 1. The minimum Gasteiger partial charge on any atom is -0.492 e. The zero-order chi connectivity index (χ0) is 17.9. The van der Waals surface area contributed by atoms with Crippen molar-refractivity contribution in [1.82, 2.24) is 0 Å². The molecular formula is C18H30O4S. The lowest BCUT2D eigenvalue weighted by Gasteiger charge is -2.22. The Balaban J connectivity index is 4.65. The number of allylic oxidation sites excluding steroid dienone is 2. The monoisotopic (exact) mass is 342 g/mol. The molecule has 4 nitrogen and oxygen atoms in total. The maximum Gasteiger partial charge on any atom is 0.305 e. The average Bonchev–Trinajstić information content (AvgIpc) is 2.45. The standard InChI is InChI=1S/C18H30O4S/c1-8-16(23-7)15(13-14(2)22-18(3,4)5)21-12-10-9-11-17(19)20-6/h8,13H,2,9-12H2,1,3-7H3/b15-13+,16-8+. The van der Waals surface area contributed by atoms with E-state index in [4.69, 9.17) is 9.47 Å². The van der Waals surface area contributed by atoms with E-state index in [-0.39, 0.29) is 11.6 Å². The van der Waals surface area contributed by atoms with Crippen LogP contribution in [0.15, 0.2) is 35.2 Å². The van der Waals surface area contributed by atoms with Crippen LogP contribution in [-0.4, -0.2) is 31.5 Å². The maximum absolute atomic E-state index is 11.1. The van der Waals surface area contributed by atoms with Crippen LogP contribution in [0.4, 0.5) is 0 Å². The molecule has 0 saturated heterocycles. The Labute approximate surface area is 144 Å². The molecule has 0 saturated carbocycles. The summed E-state index contributed by atoms with van der Waals surface area (Å²) >= 11 is 1.61. The first kappa shape index (κ1) is 21.6. The summed E-state index contributed by atoms with van der Waals surface area (Å²) in [7, 11) is 1.40. The number of hydrogen-bond acceptors (Lipinski definition) is 5. The second-order valence-corrected chi connectivity index (χ2v) is 6.78. The number of hydrogen-bond donors (Lipinski definition) is 0. The van der Waals surface area contributed by atoms with Crippen LogP contribution in [0.3, 0.4) is 0 Å². The molecule has 132 valence electrons. The Morgan fingerprint density at radius 1 is 1.26 bits per heavy atom. The third-order valence-electron chi connectivity index (χ3n) is 2.71. The van der Waals surface area contributed by atoms with E-state index >= 15 is 0 Å². The summed E-state index contributed by atoms with van der Waals surface area (Å²) in [5.41, 5.74) is -0.297. The fourth-order valence-corrected chi connectivity index (χ4v) is 2.32. The van der Waals surface area contributed by atoms with E-state index in [1.54, 1.807) is 11.8 Å². The molecule has 0 aromatic heterocycles. The molecule has 0 rings (SSSR count). The summed E-state index contributed by atoms with van der Waals surface area (Å²) in [5.74, 6) is 1.12. The molecule has 0 aromatic carbocycles. The van der Waals surface area contributed by atoms with Crippen LogP contribution < -0.4 is 0 Å². The van der Waals surface area contributed by atoms with Gasteiger partial charge in [0.1, 0.15) is 17.1 Å². The number of carbonyl (C=O) groups excluding carboxylic acids is 1. The van der Waals surface area contributed by atoms with Crippen LogP contribution >= 0.6 is 11.8 Å². The fraction of sp³-hybridized carbons (Fsp3) is 0.611. The molecule has 0 radical (unpaired) electrons. The minimum absolute atomic E-state index is 0.189. The highest BCUT2D eigenvalue weighted by molar-refractivity contribution is 8.02. The van der Waals surface area contributed by atoms with Gasteiger partial charge in [-0.05, 0) is 46.8 Å². The molecule has 0 heterocycles. The molecule has 23 heavy (non-hydrogen) atoms. The summed E-state index contributed by atoms with van der Waals surface area (Å²) < 4.78 is 16.2. The van der Waals surface area contributed by atoms with Crippen LogP contribution in [0, 0.1) is 0 Å². The maximum atomic E-state index is 11.1. The minimum atomic E-state index is -0.297. The topological polar surface area (TPSA) is 44.8 Å². The highest BCUT2D eigenvalue weighted by Crippen LogP contribution is 2.25. The molecule has 0 aliphatic carbocycles. The van der Waals surface area contributed by atoms with Crippen LogP contribution in [0.5, 0.6) is 0 Å². The third kappa shape index (κ3) is 10.9. The van der Waals surface area contributed by atoms with Crippen molar-refractivity contribution < 1.29 is 19.0 Å². The smallest absolute Gasteiger partial charge is 0.305 e. The predicted octanol–water partition coefficient (Wildman–Crippen LogP) is 4.83. The van der Waals surface area contributed by atoms with Crippen molar-refractivity contribution in [3.63, 3.8) is 0 Å². The number of methoxy groups -OCH3 is 1. The highest BCUT2D eigenvalue weighted by atomic mass is 32.2. The normalized spacial score (nSPS) is 12.8. The van der Waals surface area contributed by atoms with E-state index in [9.17, 15) is 4.79 Å². The predicted molar refractivity (Wildman–Crippen MR) is 97.2 cm³/mol. The van der Waals surface area contributed by atoms with Crippen molar-refractivity contribution in [2.75, 3.05) is 20.0 Å². The molecule has 0 N–H and O–H groups in total. The molecule has 0 unspecified atom stereocenters. The molecule has 0 amide bonds. The lowest BCUT2D eigenvalue weighted by Crippen LogP contribution is -2.18. The van der Waals surface area contributed by atoms with E-state index in [0.717, 1.165) is 23.5 Å². The van der Waals surface area contributed by atoms with Crippen LogP contribution in [0.2, 0.25) is 0 Å². The first-order valence-electron chi connectivity index (χ1n) is 7.73. The Kier molecular flexibility index (Phi) is 10.6. The quantitative estimate of drug-likeness (QED) is 0.246. The van der Waals surface area contributed by atoms with Crippen molar-refractivity contribution in [2.45, 2.75) is 52.6 Å². The van der Waals surface area contributed by atoms with Gasteiger partial charge in [-0.15, -0.1) is 11.8 Å². The van der Waals surface area contributed by atoms with Gasteiger partial charge in [-0.25, -0.2) is 0 Å². The van der Waals surface area contributed by atoms with Gasteiger partial charge >= 0.3 is 5.97 Å². The largest absolute Gasteiger partial charge is 0.492 e. The number of esters is 1. The summed E-state index contributed by atoms with van der Waals surface area (Å²) in [5, 5.41) is 0. The molecule has 0 spiro atoms. The molecule has 0 aromatic rings. The molecule has 0 aliphatic rings. The van der Waals surface area contributed by atoms with Gasteiger partial charge in [0.2, 0.25) is 0 Å². The number of rotatable bonds is 10. The van der Waals surface area contributed by atoms with Crippen LogP contribution in [-0.2, 0) is 19.0 Å². The lowest BCUT2D eigenvalue weighted by molar-refractivity contribution is -0.140. The van der Waals surface area contributed by atoms with Gasteiger partial charge in [0.15, 0.2) is 0 Å². The van der Waals surface area contributed by atoms with Gasteiger partial charge < -0.3 is 14.2 Å². The Morgan fingerprint density at radius 3 is 2.39 bits per heavy atom. The van der Waals surface area contributed by atoms with Gasteiger partial charge in [0.05, 0.1) is 13.7 Å². The van der Waals surface area contributed by atoms with Crippen molar-refractivity contribution in [3.05, 3.63) is 35.2 Å². The van der Waals surface area contributed by atoms with E-state index in [2.05, 4.69) is 11.3 Å². The molecular weight excluding hydrogens is 312 g/mol. The molecule has 0 aliphatic heterocycles.